The van der Waals surface area contributed by atoms with Gasteiger partial charge in [-0.25, -0.2) is 0 Å². The molecule has 19 heavy (non-hydrogen) atoms. The van der Waals surface area contributed by atoms with E-state index >= 15 is 0 Å². The molecule has 1 saturated carbocycles. The maximum absolute atomic E-state index is 3.78. The molecule has 0 aliphatic heterocycles. The Balaban J connectivity index is 2.19. The van der Waals surface area contributed by atoms with E-state index in [0.29, 0.717) is 6.04 Å². The van der Waals surface area contributed by atoms with Crippen LogP contribution in [0.2, 0.25) is 0 Å². The normalized spacial score (nSPS) is 29.4. The molecule has 0 saturated heterocycles. The van der Waals surface area contributed by atoms with Crippen LogP contribution < -0.4 is 5.32 Å². The standard InChI is InChI=1S/C17H29NS/c1-5-14-7-8-19-17(14)16(18-6-2)15-10-12(3)9-13(4)11-15/h7-8,12-13,15-16,18H,5-6,9-11H2,1-4H3. The summed E-state index contributed by atoms with van der Waals surface area (Å²) in [6.45, 7) is 10.5. The van der Waals surface area contributed by atoms with Crippen LogP contribution in [-0.4, -0.2) is 6.54 Å². The average Bonchev–Trinajstić information content (AvgIpc) is 2.82. The minimum Gasteiger partial charge on any atom is -0.309 e. The molecular weight excluding hydrogens is 250 g/mol. The fourth-order valence-corrected chi connectivity index (χ4v) is 5.05. The summed E-state index contributed by atoms with van der Waals surface area (Å²) in [6.07, 6.45) is 5.37. The van der Waals surface area contributed by atoms with E-state index in [9.17, 15) is 0 Å². The van der Waals surface area contributed by atoms with Crippen molar-refractivity contribution in [3.63, 3.8) is 0 Å². The van der Waals surface area contributed by atoms with Gasteiger partial charge in [0.1, 0.15) is 0 Å². The Morgan fingerprint density at radius 1 is 1.21 bits per heavy atom. The highest BCUT2D eigenvalue weighted by Gasteiger charge is 2.31. The summed E-state index contributed by atoms with van der Waals surface area (Å²) < 4.78 is 0. The lowest BCUT2D eigenvalue weighted by molar-refractivity contribution is 0.178. The number of nitrogens with one attached hydrogen (secondary N) is 1. The quantitative estimate of drug-likeness (QED) is 0.797. The Kier molecular flexibility index (Phi) is 5.47. The number of aryl methyl sites for hydroxylation is 1. The van der Waals surface area contributed by atoms with E-state index in [1.165, 1.54) is 25.7 Å². The van der Waals surface area contributed by atoms with Crippen molar-refractivity contribution in [2.24, 2.45) is 17.8 Å². The summed E-state index contributed by atoms with van der Waals surface area (Å²) in [4.78, 5) is 1.61. The van der Waals surface area contributed by atoms with Gasteiger partial charge in [-0.1, -0.05) is 27.7 Å². The molecular formula is C17H29NS. The Morgan fingerprint density at radius 3 is 2.47 bits per heavy atom. The maximum atomic E-state index is 3.78. The van der Waals surface area contributed by atoms with E-state index in [1.54, 1.807) is 10.4 Å². The third-order valence-corrected chi connectivity index (χ3v) is 5.60. The monoisotopic (exact) mass is 279 g/mol. The molecule has 108 valence electrons. The lowest BCUT2D eigenvalue weighted by atomic mass is 9.73. The van der Waals surface area contributed by atoms with Crippen molar-refractivity contribution >= 4 is 11.3 Å². The molecule has 0 bridgehead atoms. The molecule has 0 amide bonds. The summed E-state index contributed by atoms with van der Waals surface area (Å²) in [5.74, 6) is 2.60. The van der Waals surface area contributed by atoms with Crippen molar-refractivity contribution in [1.82, 2.24) is 5.32 Å². The van der Waals surface area contributed by atoms with Gasteiger partial charge in [-0.3, -0.25) is 0 Å². The SMILES string of the molecule is CCNC(c1sccc1CC)C1CC(C)CC(C)C1. The van der Waals surface area contributed by atoms with Crippen molar-refractivity contribution < 1.29 is 0 Å². The first kappa shape index (κ1) is 15.1. The van der Waals surface area contributed by atoms with Gasteiger partial charge in [-0.15, -0.1) is 11.3 Å². The Labute approximate surface area is 122 Å². The Hall–Kier alpha value is -0.340. The molecule has 1 aliphatic carbocycles. The predicted molar refractivity (Wildman–Crippen MR) is 85.8 cm³/mol. The molecule has 1 nitrogen and oxygen atoms in total. The number of thiophene rings is 1. The first-order valence-electron chi connectivity index (χ1n) is 7.95. The molecule has 2 rings (SSSR count). The van der Waals surface area contributed by atoms with Gasteiger partial charge in [0.05, 0.1) is 0 Å². The second kappa shape index (κ2) is 6.90. The average molecular weight is 279 g/mol. The summed E-state index contributed by atoms with van der Waals surface area (Å²) in [7, 11) is 0. The second-order valence-electron chi connectivity index (χ2n) is 6.38. The zero-order chi connectivity index (χ0) is 13.8. The lowest BCUT2D eigenvalue weighted by Crippen LogP contribution is -2.33. The van der Waals surface area contributed by atoms with E-state index in [-0.39, 0.29) is 0 Å². The first-order valence-corrected chi connectivity index (χ1v) is 8.83. The van der Waals surface area contributed by atoms with Crippen LogP contribution in [0.5, 0.6) is 0 Å². The molecule has 0 radical (unpaired) electrons. The fourth-order valence-electron chi connectivity index (χ4n) is 3.89. The fraction of sp³-hybridized carbons (Fsp3) is 0.765. The summed E-state index contributed by atoms with van der Waals surface area (Å²) in [5, 5.41) is 6.05. The molecule has 0 spiro atoms. The Bertz CT molecular complexity index is 374. The number of rotatable bonds is 5. The molecule has 0 aromatic carbocycles. The van der Waals surface area contributed by atoms with Gasteiger partial charge >= 0.3 is 0 Å². The zero-order valence-corrected chi connectivity index (χ0v) is 13.7. The van der Waals surface area contributed by atoms with Crippen LogP contribution >= 0.6 is 11.3 Å². The van der Waals surface area contributed by atoms with Crippen molar-refractivity contribution in [2.45, 2.75) is 59.4 Å². The smallest absolute Gasteiger partial charge is 0.0446 e. The van der Waals surface area contributed by atoms with Crippen LogP contribution in [0.4, 0.5) is 0 Å². The van der Waals surface area contributed by atoms with Gasteiger partial charge < -0.3 is 5.32 Å². The summed E-state index contributed by atoms with van der Waals surface area (Å²) in [6, 6.07) is 2.91. The van der Waals surface area contributed by atoms with Gasteiger partial charge in [0.25, 0.3) is 0 Å². The molecule has 2 heteroatoms. The molecule has 3 unspecified atom stereocenters. The molecule has 1 heterocycles. The zero-order valence-electron chi connectivity index (χ0n) is 12.9. The van der Waals surface area contributed by atoms with Crippen molar-refractivity contribution in [2.75, 3.05) is 6.54 Å². The van der Waals surface area contributed by atoms with Crippen molar-refractivity contribution in [3.8, 4) is 0 Å². The lowest BCUT2D eigenvalue weighted by Gasteiger charge is -2.37. The van der Waals surface area contributed by atoms with Crippen LogP contribution in [0.15, 0.2) is 11.4 Å². The minimum atomic E-state index is 0.588. The van der Waals surface area contributed by atoms with Crippen LogP contribution in [-0.2, 0) is 6.42 Å². The third kappa shape index (κ3) is 3.61. The third-order valence-electron chi connectivity index (χ3n) is 4.55. The highest BCUT2D eigenvalue weighted by atomic mass is 32.1. The number of hydrogen-bond acceptors (Lipinski definition) is 2. The van der Waals surface area contributed by atoms with Crippen LogP contribution in [0.3, 0.4) is 0 Å². The van der Waals surface area contributed by atoms with Crippen molar-refractivity contribution in [3.05, 3.63) is 21.9 Å². The summed E-state index contributed by atoms with van der Waals surface area (Å²) in [5.41, 5.74) is 1.56. The van der Waals surface area contributed by atoms with E-state index in [4.69, 9.17) is 0 Å². The van der Waals surface area contributed by atoms with E-state index in [0.717, 1.165) is 24.3 Å². The molecule has 1 aromatic heterocycles. The predicted octanol–water partition coefficient (Wildman–Crippen LogP) is 5.03. The van der Waals surface area contributed by atoms with Crippen LogP contribution in [0, 0.1) is 17.8 Å². The van der Waals surface area contributed by atoms with E-state index in [2.05, 4.69) is 44.5 Å². The van der Waals surface area contributed by atoms with E-state index in [1.807, 2.05) is 11.3 Å². The molecule has 1 aliphatic rings. The van der Waals surface area contributed by atoms with Crippen LogP contribution in [0.25, 0.3) is 0 Å². The highest BCUT2D eigenvalue weighted by molar-refractivity contribution is 7.10. The van der Waals surface area contributed by atoms with Crippen LogP contribution in [0.1, 0.15) is 63.4 Å². The van der Waals surface area contributed by atoms with Crippen molar-refractivity contribution in [1.29, 1.82) is 0 Å². The van der Waals surface area contributed by atoms with Gasteiger partial charge in [0.2, 0.25) is 0 Å². The first-order chi connectivity index (χ1) is 9.15. The van der Waals surface area contributed by atoms with Gasteiger partial charge in [-0.2, -0.15) is 0 Å². The maximum Gasteiger partial charge on any atom is 0.0446 e. The largest absolute Gasteiger partial charge is 0.309 e. The second-order valence-corrected chi connectivity index (χ2v) is 7.32. The molecule has 3 atom stereocenters. The Morgan fingerprint density at radius 2 is 1.89 bits per heavy atom. The van der Waals surface area contributed by atoms with Gasteiger partial charge in [-0.05, 0) is 67.0 Å². The van der Waals surface area contributed by atoms with E-state index < -0.39 is 0 Å². The highest BCUT2D eigenvalue weighted by Crippen LogP contribution is 2.42. The molecule has 1 N–H and O–H groups in total. The topological polar surface area (TPSA) is 12.0 Å². The minimum absolute atomic E-state index is 0.588. The number of hydrogen-bond donors (Lipinski definition) is 1. The molecule has 1 fully saturated rings. The molecule has 1 aromatic rings. The van der Waals surface area contributed by atoms with Gasteiger partial charge in [0, 0.05) is 10.9 Å². The van der Waals surface area contributed by atoms with Gasteiger partial charge in [0.15, 0.2) is 0 Å². The summed E-state index contributed by atoms with van der Waals surface area (Å²) >= 11 is 1.96.